The van der Waals surface area contributed by atoms with Gasteiger partial charge in [-0.05, 0) is 17.7 Å². The lowest BCUT2D eigenvalue weighted by Crippen LogP contribution is -2.50. The van der Waals surface area contributed by atoms with Gasteiger partial charge < -0.3 is 14.2 Å². The fraction of sp³-hybridized carbons (Fsp3) is 0.684. The van der Waals surface area contributed by atoms with E-state index in [-0.39, 0.29) is 6.10 Å². The Labute approximate surface area is 154 Å². The van der Waals surface area contributed by atoms with E-state index in [9.17, 15) is 0 Å². The molecule has 4 heterocycles. The molecule has 0 aromatic heterocycles. The summed E-state index contributed by atoms with van der Waals surface area (Å²) in [5, 5.41) is 0. The summed E-state index contributed by atoms with van der Waals surface area (Å²) in [4.78, 5) is 10.6. The smallest absolute Gasteiger partial charge is 0.107 e. The van der Waals surface area contributed by atoms with Gasteiger partial charge in [0.25, 0.3) is 0 Å². The van der Waals surface area contributed by atoms with E-state index in [4.69, 9.17) is 19.0 Å². The van der Waals surface area contributed by atoms with E-state index in [1.165, 1.54) is 5.56 Å². The topological polar surface area (TPSA) is 65.3 Å². The molecule has 7 nitrogen and oxygen atoms in total. The molecule has 4 unspecified atom stereocenters. The van der Waals surface area contributed by atoms with Gasteiger partial charge in [0.2, 0.25) is 0 Å². The summed E-state index contributed by atoms with van der Waals surface area (Å²) in [6, 6.07) is 9.01. The van der Waals surface area contributed by atoms with Crippen molar-refractivity contribution in [2.24, 2.45) is 0 Å². The Morgan fingerprint density at radius 2 is 1.62 bits per heavy atom. The minimum absolute atomic E-state index is 0.267. The molecule has 4 aliphatic heterocycles. The molecule has 1 N–H and O–H groups in total. The zero-order chi connectivity index (χ0) is 17.3. The Morgan fingerprint density at radius 3 is 2.31 bits per heavy atom. The molecule has 7 heteroatoms. The van der Waals surface area contributed by atoms with Gasteiger partial charge in [-0.15, -0.1) is 0 Å². The maximum Gasteiger partial charge on any atom is 0.107 e. The quantitative estimate of drug-likeness (QED) is 0.517. The molecule has 0 aliphatic carbocycles. The van der Waals surface area contributed by atoms with Crippen LogP contribution in [0.1, 0.15) is 11.6 Å². The average Bonchev–Trinajstić information content (AvgIpc) is 3.50. The largest absolute Gasteiger partial charge is 0.372 e. The highest BCUT2D eigenvalue weighted by Gasteiger charge is 2.35. The second-order valence-electron chi connectivity index (χ2n) is 7.67. The summed E-state index contributed by atoms with van der Waals surface area (Å²) in [6.07, 6.45) is 1.14. The van der Waals surface area contributed by atoms with Crippen LogP contribution in [-0.4, -0.2) is 87.3 Å². The maximum atomic E-state index is 5.47. The number of nitrogens with zero attached hydrogens (tertiary/aromatic N) is 2. The lowest BCUT2D eigenvalue weighted by atomic mass is 10.0. The van der Waals surface area contributed by atoms with Gasteiger partial charge in [-0.3, -0.25) is 20.1 Å². The minimum atomic E-state index is 0.267. The Kier molecular flexibility index (Phi) is 4.83. The highest BCUT2D eigenvalue weighted by molar-refractivity contribution is 5.43. The summed E-state index contributed by atoms with van der Waals surface area (Å²) >= 11 is 0. The summed E-state index contributed by atoms with van der Waals surface area (Å²) in [7, 11) is 0. The van der Waals surface area contributed by atoms with Crippen LogP contribution in [0, 0.1) is 0 Å². The third kappa shape index (κ3) is 4.54. The van der Waals surface area contributed by atoms with Crippen molar-refractivity contribution < 1.29 is 19.0 Å². The van der Waals surface area contributed by atoms with Crippen LogP contribution in [0.15, 0.2) is 24.3 Å². The number of benzene rings is 1. The molecule has 4 aliphatic rings. The van der Waals surface area contributed by atoms with Crippen molar-refractivity contribution in [1.82, 2.24) is 9.80 Å². The van der Waals surface area contributed by atoms with E-state index in [1.807, 2.05) is 0 Å². The molecule has 1 aromatic rings. The number of hydrogen-bond donors (Lipinski definition) is 1. The predicted molar refractivity (Wildman–Crippen MR) is 96.0 cm³/mol. The van der Waals surface area contributed by atoms with Crippen molar-refractivity contribution in [2.45, 2.75) is 24.4 Å². The highest BCUT2D eigenvalue weighted by Crippen LogP contribution is 2.29. The third-order valence-corrected chi connectivity index (χ3v) is 5.44. The van der Waals surface area contributed by atoms with E-state index in [0.717, 1.165) is 58.2 Å². The average molecular weight is 361 g/mol. The van der Waals surface area contributed by atoms with Crippen LogP contribution in [0.25, 0.3) is 0 Å². The summed E-state index contributed by atoms with van der Waals surface area (Å²) in [6.45, 7) is 8.57. The van der Waals surface area contributed by atoms with Crippen molar-refractivity contribution in [3.8, 4) is 0 Å². The van der Waals surface area contributed by atoms with Crippen molar-refractivity contribution in [1.29, 1.82) is 0 Å². The number of anilines is 1. The normalized spacial score (nSPS) is 33.8. The second kappa shape index (κ2) is 7.42. The predicted octanol–water partition coefficient (Wildman–Crippen LogP) is 0.885. The highest BCUT2D eigenvalue weighted by atomic mass is 16.7. The van der Waals surface area contributed by atoms with E-state index in [2.05, 4.69) is 39.5 Å². The van der Waals surface area contributed by atoms with Crippen LogP contribution in [0.3, 0.4) is 0 Å². The molecule has 0 bridgehead atoms. The van der Waals surface area contributed by atoms with Crippen molar-refractivity contribution >= 4 is 5.69 Å². The van der Waals surface area contributed by atoms with Crippen LogP contribution in [0.2, 0.25) is 0 Å². The van der Waals surface area contributed by atoms with E-state index < -0.39 is 0 Å². The molecule has 142 valence electrons. The molecule has 0 amide bonds. The SMILES string of the molecule is c1cc(C2CN(CC3CO3)CCN2CC2CO2)ccc1NOCC1CO1. The second-order valence-corrected chi connectivity index (χ2v) is 7.67. The van der Waals surface area contributed by atoms with Crippen LogP contribution in [0.5, 0.6) is 0 Å². The van der Waals surface area contributed by atoms with Gasteiger partial charge in [0.15, 0.2) is 0 Å². The number of piperazine rings is 1. The van der Waals surface area contributed by atoms with Crippen molar-refractivity contribution in [3.05, 3.63) is 29.8 Å². The summed E-state index contributed by atoms with van der Waals surface area (Å²) in [5.74, 6) is 0. The Balaban J connectivity index is 1.22. The number of nitrogens with one attached hydrogen (secondary N) is 1. The lowest BCUT2D eigenvalue weighted by molar-refractivity contribution is 0.0641. The minimum Gasteiger partial charge on any atom is -0.372 e. The van der Waals surface area contributed by atoms with Gasteiger partial charge in [0.05, 0.1) is 37.7 Å². The van der Waals surface area contributed by atoms with E-state index in [0.29, 0.717) is 24.9 Å². The van der Waals surface area contributed by atoms with Gasteiger partial charge in [-0.1, -0.05) is 12.1 Å². The number of epoxide rings is 3. The molecule has 0 saturated carbocycles. The lowest BCUT2D eigenvalue weighted by Gasteiger charge is -2.41. The fourth-order valence-electron chi connectivity index (χ4n) is 3.63. The molecule has 4 atom stereocenters. The molecular weight excluding hydrogens is 334 g/mol. The molecule has 4 saturated heterocycles. The molecular formula is C19H27N3O4. The Morgan fingerprint density at radius 1 is 0.923 bits per heavy atom. The molecule has 5 rings (SSSR count). The van der Waals surface area contributed by atoms with E-state index in [1.54, 1.807) is 0 Å². The number of hydrogen-bond acceptors (Lipinski definition) is 7. The first-order valence-corrected chi connectivity index (χ1v) is 9.62. The molecule has 1 aromatic carbocycles. The zero-order valence-corrected chi connectivity index (χ0v) is 15.0. The molecule has 0 spiro atoms. The number of ether oxygens (including phenoxy) is 3. The van der Waals surface area contributed by atoms with Gasteiger partial charge in [-0.2, -0.15) is 0 Å². The Bertz CT molecular complexity index is 601. The number of rotatable bonds is 9. The summed E-state index contributed by atoms with van der Waals surface area (Å²) < 4.78 is 16.0. The van der Waals surface area contributed by atoms with Gasteiger partial charge >= 0.3 is 0 Å². The van der Waals surface area contributed by atoms with E-state index >= 15 is 0 Å². The first-order valence-electron chi connectivity index (χ1n) is 9.62. The van der Waals surface area contributed by atoms with Crippen molar-refractivity contribution in [2.75, 3.05) is 64.6 Å². The zero-order valence-electron chi connectivity index (χ0n) is 15.0. The van der Waals surface area contributed by atoms with Gasteiger partial charge in [0.1, 0.15) is 12.7 Å². The first kappa shape index (κ1) is 16.9. The van der Waals surface area contributed by atoms with Crippen LogP contribution >= 0.6 is 0 Å². The molecule has 26 heavy (non-hydrogen) atoms. The van der Waals surface area contributed by atoms with Crippen molar-refractivity contribution in [3.63, 3.8) is 0 Å². The van der Waals surface area contributed by atoms with Crippen LogP contribution in [0.4, 0.5) is 5.69 Å². The fourth-order valence-corrected chi connectivity index (χ4v) is 3.63. The molecule has 0 radical (unpaired) electrons. The van der Waals surface area contributed by atoms with Crippen LogP contribution < -0.4 is 5.48 Å². The van der Waals surface area contributed by atoms with Crippen LogP contribution in [-0.2, 0) is 19.0 Å². The monoisotopic (exact) mass is 361 g/mol. The maximum absolute atomic E-state index is 5.47. The molecule has 4 fully saturated rings. The van der Waals surface area contributed by atoms with Gasteiger partial charge in [0, 0.05) is 38.8 Å². The first-order chi connectivity index (χ1) is 12.8. The third-order valence-electron chi connectivity index (χ3n) is 5.44. The standard InChI is InChI=1S/C19H27N3O4/c1-3-15(20-26-13-18-12-25-18)4-2-14(1)19-9-21(7-16-10-23-16)5-6-22(19)8-17-11-24-17/h1-4,16-20H,5-13H2. The Hall–Kier alpha value is -1.22. The van der Waals surface area contributed by atoms with Gasteiger partial charge in [-0.25, -0.2) is 0 Å². The summed E-state index contributed by atoms with van der Waals surface area (Å²) in [5.41, 5.74) is 5.33.